The molecule has 0 saturated carbocycles. The van der Waals surface area contributed by atoms with E-state index in [9.17, 15) is 9.59 Å². The lowest BCUT2D eigenvalue weighted by molar-refractivity contribution is 0.108. The zero-order valence-electron chi connectivity index (χ0n) is 18.9. The van der Waals surface area contributed by atoms with Crippen molar-refractivity contribution < 1.29 is 28.5 Å². The molecule has 0 spiro atoms. The highest BCUT2D eigenvalue weighted by atomic mass is 16.7. The highest BCUT2D eigenvalue weighted by Crippen LogP contribution is 2.39. The van der Waals surface area contributed by atoms with Crippen LogP contribution in [-0.2, 0) is 14.9 Å². The van der Waals surface area contributed by atoms with Gasteiger partial charge in [-0.2, -0.15) is 0 Å². The van der Waals surface area contributed by atoms with Gasteiger partial charge in [0.1, 0.15) is 24.7 Å². The molecule has 6 heteroatoms. The first-order chi connectivity index (χ1) is 16.5. The van der Waals surface area contributed by atoms with Crippen LogP contribution >= 0.6 is 0 Å². The molecule has 0 aromatic heterocycles. The summed E-state index contributed by atoms with van der Waals surface area (Å²) in [5.41, 5.74) is 2.48. The summed E-state index contributed by atoms with van der Waals surface area (Å²) in [4.78, 5) is 23.4. The van der Waals surface area contributed by atoms with Gasteiger partial charge in [0.25, 0.3) is 0 Å². The fourth-order valence-electron chi connectivity index (χ4n) is 3.49. The van der Waals surface area contributed by atoms with Crippen molar-refractivity contribution in [3.05, 3.63) is 121 Å². The van der Waals surface area contributed by atoms with E-state index in [-0.39, 0.29) is 13.2 Å². The fourth-order valence-corrected chi connectivity index (χ4v) is 3.49. The van der Waals surface area contributed by atoms with Gasteiger partial charge < -0.3 is 18.9 Å². The van der Waals surface area contributed by atoms with Crippen LogP contribution in [0.4, 0.5) is 9.59 Å². The first-order valence-corrected chi connectivity index (χ1v) is 10.6. The van der Waals surface area contributed by atoms with E-state index in [0.717, 1.165) is 16.7 Å². The number of benzene rings is 3. The van der Waals surface area contributed by atoms with Crippen molar-refractivity contribution in [1.82, 2.24) is 0 Å². The number of ether oxygens (including phenoxy) is 4. The van der Waals surface area contributed by atoms with E-state index < -0.39 is 17.7 Å². The van der Waals surface area contributed by atoms with E-state index in [1.165, 1.54) is 12.2 Å². The highest BCUT2D eigenvalue weighted by Gasteiger charge is 2.31. The fraction of sp³-hybridized carbons (Fsp3) is 0.143. The molecule has 0 fully saturated rings. The lowest BCUT2D eigenvalue weighted by Gasteiger charge is -2.32. The average Bonchev–Trinajstić information content (AvgIpc) is 2.87. The van der Waals surface area contributed by atoms with Gasteiger partial charge in [0, 0.05) is 5.41 Å². The Hall–Kier alpha value is -4.32. The summed E-state index contributed by atoms with van der Waals surface area (Å²) in [6, 6.07) is 24.5. The molecule has 6 nitrogen and oxygen atoms in total. The summed E-state index contributed by atoms with van der Waals surface area (Å²) in [5.74, 6) is 0.741. The van der Waals surface area contributed by atoms with Gasteiger partial charge in [-0.05, 0) is 47.9 Å². The molecule has 0 heterocycles. The van der Waals surface area contributed by atoms with Gasteiger partial charge in [-0.15, -0.1) is 0 Å². The van der Waals surface area contributed by atoms with Crippen LogP contribution in [0, 0.1) is 0 Å². The van der Waals surface area contributed by atoms with Crippen LogP contribution in [0.2, 0.25) is 0 Å². The largest absolute Gasteiger partial charge is 0.514 e. The Morgan fingerprint density at radius 3 is 1.44 bits per heavy atom. The molecule has 0 amide bonds. The monoisotopic (exact) mass is 458 g/mol. The maximum absolute atomic E-state index is 11.7. The molecule has 3 aromatic rings. The van der Waals surface area contributed by atoms with Crippen molar-refractivity contribution in [1.29, 1.82) is 0 Å². The molecule has 0 radical (unpaired) electrons. The first-order valence-electron chi connectivity index (χ1n) is 10.6. The lowest BCUT2D eigenvalue weighted by atomic mass is 9.71. The summed E-state index contributed by atoms with van der Waals surface area (Å²) < 4.78 is 20.1. The van der Waals surface area contributed by atoms with Crippen molar-refractivity contribution >= 4 is 12.3 Å². The quantitative estimate of drug-likeness (QED) is 0.159. The van der Waals surface area contributed by atoms with Crippen LogP contribution in [0.1, 0.15) is 23.6 Å². The smallest absolute Gasteiger partial charge is 0.430 e. The van der Waals surface area contributed by atoms with E-state index in [4.69, 9.17) is 18.9 Å². The number of carbonyl (C=O) groups is 2. The van der Waals surface area contributed by atoms with Crippen LogP contribution in [0.25, 0.3) is 0 Å². The van der Waals surface area contributed by atoms with Gasteiger partial charge in [-0.25, -0.2) is 9.59 Å². The molecule has 0 bridgehead atoms. The van der Waals surface area contributed by atoms with Crippen molar-refractivity contribution in [3.8, 4) is 11.5 Å². The van der Waals surface area contributed by atoms with Gasteiger partial charge >= 0.3 is 12.3 Å². The summed E-state index contributed by atoms with van der Waals surface area (Å²) in [6.07, 6.45) is 1.35. The Kier molecular flexibility index (Phi) is 8.24. The van der Waals surface area contributed by atoms with Crippen LogP contribution in [0.3, 0.4) is 0 Å². The number of rotatable bonds is 9. The Balaban J connectivity index is 1.89. The molecule has 0 aliphatic heterocycles. The van der Waals surface area contributed by atoms with Crippen molar-refractivity contribution in [2.75, 3.05) is 13.2 Å². The summed E-state index contributed by atoms with van der Waals surface area (Å²) in [7, 11) is 0. The molecule has 3 aromatic carbocycles. The van der Waals surface area contributed by atoms with Crippen molar-refractivity contribution in [3.63, 3.8) is 0 Å². The van der Waals surface area contributed by atoms with Crippen LogP contribution in [-0.4, -0.2) is 25.5 Å². The maximum Gasteiger partial charge on any atom is 0.514 e. The second kappa shape index (κ2) is 11.5. The van der Waals surface area contributed by atoms with Gasteiger partial charge in [-0.1, -0.05) is 79.9 Å². The third kappa shape index (κ3) is 5.92. The third-order valence-electron chi connectivity index (χ3n) is 5.25. The second-order valence-electron chi connectivity index (χ2n) is 7.44. The zero-order chi connectivity index (χ0) is 24.4. The van der Waals surface area contributed by atoms with E-state index in [1.54, 1.807) is 24.3 Å². The minimum atomic E-state index is -0.791. The van der Waals surface area contributed by atoms with E-state index in [1.807, 2.05) is 54.6 Å². The van der Waals surface area contributed by atoms with Crippen molar-refractivity contribution in [2.45, 2.75) is 12.3 Å². The van der Waals surface area contributed by atoms with Crippen molar-refractivity contribution in [2.24, 2.45) is 0 Å². The average molecular weight is 459 g/mol. The number of hydrogen-bond acceptors (Lipinski definition) is 6. The predicted octanol–water partition coefficient (Wildman–Crippen LogP) is 6.44. The third-order valence-corrected chi connectivity index (χ3v) is 5.25. The summed E-state index contributed by atoms with van der Waals surface area (Å²) >= 11 is 0. The number of carbonyl (C=O) groups excluding carboxylic acids is 2. The SMILES string of the molecule is C=CCOC(=O)Oc1ccc(C(C)(c2ccccc2)c2ccc(OC(=O)OCC=C)cc2)cc1. The molecule has 0 aliphatic rings. The van der Waals surface area contributed by atoms with E-state index in [2.05, 4.69) is 20.1 Å². The Bertz CT molecular complexity index is 1050. The Morgan fingerprint density at radius 1 is 0.676 bits per heavy atom. The van der Waals surface area contributed by atoms with E-state index in [0.29, 0.717) is 11.5 Å². The molecular formula is C28H26O6. The van der Waals surface area contributed by atoms with Crippen LogP contribution < -0.4 is 9.47 Å². The van der Waals surface area contributed by atoms with Gasteiger partial charge in [0.2, 0.25) is 0 Å². The summed E-state index contributed by atoms with van der Waals surface area (Å²) in [6.45, 7) is 9.26. The molecule has 0 aliphatic carbocycles. The highest BCUT2D eigenvalue weighted by molar-refractivity contribution is 5.65. The normalized spacial score (nSPS) is 10.6. The molecule has 3 rings (SSSR count). The molecule has 0 unspecified atom stereocenters. The number of hydrogen-bond donors (Lipinski definition) is 0. The molecule has 34 heavy (non-hydrogen) atoms. The lowest BCUT2D eigenvalue weighted by Crippen LogP contribution is -2.25. The Labute approximate surface area is 199 Å². The van der Waals surface area contributed by atoms with Crippen LogP contribution in [0.15, 0.2) is 104 Å². The topological polar surface area (TPSA) is 71.1 Å². The standard InChI is InChI=1S/C28H26O6/c1-4-19-31-26(29)33-24-15-11-22(12-16-24)28(3,21-9-7-6-8-10-21)23-13-17-25(18-14-23)34-27(30)32-20-5-2/h4-18H,1-2,19-20H2,3H3. The van der Waals surface area contributed by atoms with Gasteiger partial charge in [0.15, 0.2) is 0 Å². The minimum absolute atomic E-state index is 0.0781. The van der Waals surface area contributed by atoms with E-state index >= 15 is 0 Å². The Morgan fingerprint density at radius 2 is 1.06 bits per heavy atom. The molecular weight excluding hydrogens is 432 g/mol. The predicted molar refractivity (Wildman–Crippen MR) is 129 cm³/mol. The zero-order valence-corrected chi connectivity index (χ0v) is 18.9. The molecule has 0 N–H and O–H groups in total. The van der Waals surface area contributed by atoms with Crippen LogP contribution in [0.5, 0.6) is 11.5 Å². The minimum Gasteiger partial charge on any atom is -0.430 e. The molecule has 174 valence electrons. The summed E-state index contributed by atoms with van der Waals surface area (Å²) in [5, 5.41) is 0. The molecule has 0 saturated heterocycles. The van der Waals surface area contributed by atoms with Gasteiger partial charge in [-0.3, -0.25) is 0 Å². The maximum atomic E-state index is 11.7. The molecule has 0 atom stereocenters. The first kappa shape index (κ1) is 24.3. The second-order valence-corrected chi connectivity index (χ2v) is 7.44. The van der Waals surface area contributed by atoms with Gasteiger partial charge in [0.05, 0.1) is 0 Å².